The molecule has 1 aromatic heterocycles. The van der Waals surface area contributed by atoms with Crippen LogP contribution in [0.1, 0.15) is 66.8 Å². The van der Waals surface area contributed by atoms with Crippen molar-refractivity contribution in [2.75, 3.05) is 6.61 Å². The summed E-state index contributed by atoms with van der Waals surface area (Å²) in [5.41, 5.74) is 9.41. The van der Waals surface area contributed by atoms with Crippen LogP contribution in [-0.2, 0) is 29.7 Å². The third-order valence-electron chi connectivity index (χ3n) is 7.17. The molecule has 4 nitrogen and oxygen atoms in total. The lowest BCUT2D eigenvalue weighted by Gasteiger charge is -2.26. The first-order chi connectivity index (χ1) is 17.8. The third-order valence-corrected chi connectivity index (χ3v) is 7.77. The van der Waals surface area contributed by atoms with Crippen LogP contribution in [0, 0.1) is 0 Å². The predicted molar refractivity (Wildman–Crippen MR) is 152 cm³/mol. The van der Waals surface area contributed by atoms with Gasteiger partial charge >= 0.3 is 0 Å². The van der Waals surface area contributed by atoms with E-state index < -0.39 is 5.72 Å². The minimum absolute atomic E-state index is 0.606. The molecule has 3 aliphatic rings. The molecule has 0 radical (unpaired) electrons. The van der Waals surface area contributed by atoms with Crippen LogP contribution >= 0.6 is 12.1 Å². The van der Waals surface area contributed by atoms with Crippen LogP contribution < -0.4 is 4.72 Å². The van der Waals surface area contributed by atoms with Crippen molar-refractivity contribution in [3.05, 3.63) is 94.8 Å². The molecule has 1 unspecified atom stereocenters. The Bertz CT molecular complexity index is 1220. The molecule has 0 saturated heterocycles. The van der Waals surface area contributed by atoms with Gasteiger partial charge in [-0.25, -0.2) is 9.12 Å². The predicted octanol–water partition coefficient (Wildman–Crippen LogP) is 7.48. The van der Waals surface area contributed by atoms with Gasteiger partial charge in [-0.3, -0.25) is 4.98 Å². The number of pyridine rings is 1. The maximum Gasteiger partial charge on any atom is 0.194 e. The second kappa shape index (κ2) is 12.0. The summed E-state index contributed by atoms with van der Waals surface area (Å²) in [6.45, 7) is 2.94. The number of benzene rings is 2. The van der Waals surface area contributed by atoms with Crippen molar-refractivity contribution in [1.29, 1.82) is 0 Å². The zero-order chi connectivity index (χ0) is 24.6. The van der Waals surface area contributed by atoms with E-state index in [9.17, 15) is 0 Å². The summed E-state index contributed by atoms with van der Waals surface area (Å²) in [5.74, 6) is 0. The summed E-state index contributed by atoms with van der Waals surface area (Å²) >= 11 is 1.31. The van der Waals surface area contributed by atoms with Gasteiger partial charge in [-0.2, -0.15) is 0 Å². The fourth-order valence-corrected chi connectivity index (χ4v) is 5.83. The smallest absolute Gasteiger partial charge is 0.194 e. The van der Waals surface area contributed by atoms with E-state index in [1.165, 1.54) is 84.9 Å². The molecule has 1 aliphatic heterocycles. The summed E-state index contributed by atoms with van der Waals surface area (Å²) < 4.78 is 13.4. The highest BCUT2D eigenvalue weighted by molar-refractivity contribution is 7.96. The number of unbranched alkanes of at least 4 members (excludes halogenated alkanes) is 3. The molecule has 2 heterocycles. The summed E-state index contributed by atoms with van der Waals surface area (Å²) in [6, 6.07) is 17.4. The Kier molecular flexibility index (Phi) is 8.32. The van der Waals surface area contributed by atoms with Crippen molar-refractivity contribution in [2.45, 2.75) is 64.0 Å². The Morgan fingerprint density at radius 1 is 0.944 bits per heavy atom. The van der Waals surface area contributed by atoms with Crippen molar-refractivity contribution in [2.24, 2.45) is 4.40 Å². The monoisotopic (exact) mass is 497 g/mol. The van der Waals surface area contributed by atoms with Crippen LogP contribution in [0.25, 0.3) is 17.2 Å². The van der Waals surface area contributed by atoms with Crippen LogP contribution in [0.5, 0.6) is 0 Å². The number of aryl methyl sites for hydroxylation is 2. The normalized spacial score (nSPS) is 19.1. The number of ether oxygens (including phenoxy) is 1. The molecule has 6 rings (SSSR count). The number of rotatable bonds is 7. The Morgan fingerprint density at radius 2 is 1.89 bits per heavy atom. The van der Waals surface area contributed by atoms with Gasteiger partial charge in [-0.05, 0) is 71.6 Å². The minimum atomic E-state index is -0.606. The van der Waals surface area contributed by atoms with Crippen molar-refractivity contribution in [1.82, 2.24) is 9.71 Å². The van der Waals surface area contributed by atoms with Crippen LogP contribution in [0.15, 0.2) is 71.4 Å². The highest BCUT2D eigenvalue weighted by atomic mass is 32.2. The number of fused-ring (bicyclic) bond motifs is 5. The Hall–Kier alpha value is -2.73. The fourth-order valence-electron chi connectivity index (χ4n) is 5.21. The second-order valence-corrected chi connectivity index (χ2v) is 10.2. The Labute approximate surface area is 219 Å². The molecular formula is C31H35N3OS. The quantitative estimate of drug-likeness (QED) is 0.271. The fraction of sp³-hybridized carbons (Fsp3) is 0.355. The molecule has 1 atom stereocenters. The maximum absolute atomic E-state index is 6.00. The second-order valence-electron chi connectivity index (χ2n) is 9.58. The van der Waals surface area contributed by atoms with Gasteiger partial charge in [0, 0.05) is 24.6 Å². The highest BCUT2D eigenvalue weighted by Crippen LogP contribution is 2.38. The number of hydrogen-bond donors (Lipinski definition) is 1. The first kappa shape index (κ1) is 24.9. The van der Waals surface area contributed by atoms with Crippen molar-refractivity contribution in [3.63, 3.8) is 0 Å². The highest BCUT2D eigenvalue weighted by Gasteiger charge is 2.35. The van der Waals surface area contributed by atoms with Crippen molar-refractivity contribution < 1.29 is 4.74 Å². The van der Waals surface area contributed by atoms with E-state index in [0.29, 0.717) is 0 Å². The maximum atomic E-state index is 6.00. The van der Waals surface area contributed by atoms with E-state index in [-0.39, 0.29) is 0 Å². The van der Waals surface area contributed by atoms with Crippen molar-refractivity contribution >= 4 is 24.4 Å². The third kappa shape index (κ3) is 5.49. The Morgan fingerprint density at radius 3 is 2.72 bits per heavy atom. The summed E-state index contributed by atoms with van der Waals surface area (Å²) in [4.78, 5) is 4.14. The van der Waals surface area contributed by atoms with Gasteiger partial charge in [0.15, 0.2) is 5.72 Å². The van der Waals surface area contributed by atoms with Crippen LogP contribution in [0.2, 0.25) is 0 Å². The van der Waals surface area contributed by atoms with E-state index in [0.717, 1.165) is 18.6 Å². The molecule has 2 aliphatic carbocycles. The summed E-state index contributed by atoms with van der Waals surface area (Å²) in [5, 5.41) is 0. The standard InChI is InChI=1S/C18H16.C13H19N3OS/c1-3-7-15-13(5-1)9-11-18-16-8-4-2-6-14(16)10-12-17(15)18;1-2-3-4-5-9-17-13(11-15-18-16-13)12-7-6-8-14-10-12/h1,3-5,7-8,10,12H,2,6,9,11H2;6-8,10-11,16H,2-5,9H2,1H3. The van der Waals surface area contributed by atoms with Crippen LogP contribution in [-0.4, -0.2) is 17.8 Å². The average Bonchev–Trinajstić information content (AvgIpc) is 3.43. The molecule has 0 saturated carbocycles. The lowest BCUT2D eigenvalue weighted by Crippen LogP contribution is -2.40. The SMILES string of the molecule is C1=Cc2c(ccc3c2CCc2ccccc2-3)CC1.CCCCCCOC1(c2cccnc2)C=NSN1. The van der Waals surface area contributed by atoms with Gasteiger partial charge in [0.05, 0.1) is 18.3 Å². The van der Waals surface area contributed by atoms with Gasteiger partial charge in [-0.1, -0.05) is 80.8 Å². The first-order valence-electron chi connectivity index (χ1n) is 13.2. The van der Waals surface area contributed by atoms with E-state index in [1.54, 1.807) is 11.8 Å². The molecule has 0 spiro atoms. The lowest BCUT2D eigenvalue weighted by atomic mass is 9.80. The molecule has 0 fully saturated rings. The Balaban J connectivity index is 0.000000148. The van der Waals surface area contributed by atoms with E-state index in [2.05, 4.69) is 69.6 Å². The zero-order valence-corrected chi connectivity index (χ0v) is 21.9. The molecule has 36 heavy (non-hydrogen) atoms. The first-order valence-corrected chi connectivity index (χ1v) is 14.0. The summed E-state index contributed by atoms with van der Waals surface area (Å²) in [6.07, 6.45) is 19.6. The number of allylic oxidation sites excluding steroid dienone is 1. The van der Waals surface area contributed by atoms with E-state index in [4.69, 9.17) is 4.74 Å². The molecule has 3 aromatic rings. The van der Waals surface area contributed by atoms with Gasteiger partial charge in [0.1, 0.15) is 0 Å². The van der Waals surface area contributed by atoms with Gasteiger partial charge in [0.2, 0.25) is 0 Å². The molecular weight excluding hydrogens is 462 g/mol. The molecule has 1 N–H and O–H groups in total. The van der Waals surface area contributed by atoms with E-state index in [1.807, 2.05) is 24.5 Å². The lowest BCUT2D eigenvalue weighted by molar-refractivity contribution is 0.000811. The molecule has 0 bridgehead atoms. The molecule has 2 aromatic carbocycles. The molecule has 186 valence electrons. The topological polar surface area (TPSA) is 46.5 Å². The molecule has 5 heteroatoms. The average molecular weight is 498 g/mol. The largest absolute Gasteiger partial charge is 0.350 e. The zero-order valence-electron chi connectivity index (χ0n) is 21.1. The number of aromatic nitrogens is 1. The van der Waals surface area contributed by atoms with Gasteiger partial charge in [0.25, 0.3) is 0 Å². The van der Waals surface area contributed by atoms with Crippen LogP contribution in [0.3, 0.4) is 0 Å². The van der Waals surface area contributed by atoms with Crippen LogP contribution in [0.4, 0.5) is 0 Å². The van der Waals surface area contributed by atoms with Gasteiger partial charge < -0.3 is 4.74 Å². The van der Waals surface area contributed by atoms with E-state index >= 15 is 0 Å². The van der Waals surface area contributed by atoms with Gasteiger partial charge in [-0.15, -0.1) is 0 Å². The number of nitrogens with zero attached hydrogens (tertiary/aromatic N) is 2. The van der Waals surface area contributed by atoms with Crippen molar-refractivity contribution in [3.8, 4) is 11.1 Å². The number of nitrogens with one attached hydrogen (secondary N) is 1. The molecule has 0 amide bonds. The number of hydrogen-bond acceptors (Lipinski definition) is 5. The summed E-state index contributed by atoms with van der Waals surface area (Å²) in [7, 11) is 0. The minimum Gasteiger partial charge on any atom is -0.350 e.